The Morgan fingerprint density at radius 3 is 2.63 bits per heavy atom. The quantitative estimate of drug-likeness (QED) is 0.477. The molecule has 30 heavy (non-hydrogen) atoms. The molecule has 4 rings (SSSR count). The molecule has 0 aliphatic heterocycles. The maximum Gasteiger partial charge on any atom is 0.189 e. The molecule has 0 fully saturated rings. The van der Waals surface area contributed by atoms with Crippen LogP contribution in [-0.4, -0.2) is 30.3 Å². The third-order valence-electron chi connectivity index (χ3n) is 4.86. The van der Waals surface area contributed by atoms with E-state index in [4.69, 9.17) is 5.73 Å². The predicted octanol–water partition coefficient (Wildman–Crippen LogP) is 3.68. The van der Waals surface area contributed by atoms with Crippen molar-refractivity contribution in [3.05, 3.63) is 84.5 Å². The Labute approximate surface area is 174 Å². The summed E-state index contributed by atoms with van der Waals surface area (Å²) in [4.78, 5) is 30.0. The highest BCUT2D eigenvalue weighted by atomic mass is 16.1. The molecule has 0 saturated carbocycles. The van der Waals surface area contributed by atoms with Crippen molar-refractivity contribution in [2.75, 3.05) is 5.73 Å². The number of anilines is 1. The maximum atomic E-state index is 13.0. The predicted molar refractivity (Wildman–Crippen MR) is 115 cm³/mol. The van der Waals surface area contributed by atoms with Crippen molar-refractivity contribution in [1.29, 1.82) is 0 Å². The molecule has 4 aromatic rings. The van der Waals surface area contributed by atoms with Crippen LogP contribution in [0.1, 0.15) is 35.0 Å². The second kappa shape index (κ2) is 8.65. The third kappa shape index (κ3) is 4.10. The first-order chi connectivity index (χ1) is 14.7. The molecule has 3 aromatic heterocycles. The van der Waals surface area contributed by atoms with Crippen molar-refractivity contribution in [3.8, 4) is 16.9 Å². The molecule has 7 heteroatoms. The highest BCUT2D eigenvalue weighted by Gasteiger charge is 2.17. The fourth-order valence-electron chi connectivity index (χ4n) is 3.34. The van der Waals surface area contributed by atoms with Gasteiger partial charge in [0.05, 0.1) is 23.9 Å². The molecular weight excluding hydrogens is 376 g/mol. The number of carbonyl (C=O) groups is 1. The largest absolute Gasteiger partial charge is 0.382 e. The fourth-order valence-corrected chi connectivity index (χ4v) is 3.34. The van der Waals surface area contributed by atoms with E-state index in [1.54, 1.807) is 31.1 Å². The molecule has 0 aliphatic carbocycles. The SMILES string of the molecule is CCCc1ccc(-c2cnc(N)c(C(=O)Cc3cnccc3-n3ccnc3)n2)cc1. The van der Waals surface area contributed by atoms with Gasteiger partial charge in [0.15, 0.2) is 11.6 Å². The molecule has 7 nitrogen and oxygen atoms in total. The first-order valence-electron chi connectivity index (χ1n) is 9.82. The number of imidazole rings is 1. The van der Waals surface area contributed by atoms with Crippen LogP contribution in [0.15, 0.2) is 67.6 Å². The number of nitrogens with zero attached hydrogens (tertiary/aromatic N) is 5. The Morgan fingerprint density at radius 2 is 1.90 bits per heavy atom. The molecule has 0 unspecified atom stereocenters. The molecule has 0 radical (unpaired) electrons. The van der Waals surface area contributed by atoms with Crippen molar-refractivity contribution in [2.24, 2.45) is 0 Å². The normalized spacial score (nSPS) is 10.8. The summed E-state index contributed by atoms with van der Waals surface area (Å²) >= 11 is 0. The van der Waals surface area contributed by atoms with Gasteiger partial charge in [-0.15, -0.1) is 0 Å². The molecule has 0 spiro atoms. The Kier molecular flexibility index (Phi) is 5.61. The van der Waals surface area contributed by atoms with E-state index in [-0.39, 0.29) is 23.7 Å². The number of rotatable bonds is 7. The topological polar surface area (TPSA) is 99.6 Å². The van der Waals surface area contributed by atoms with E-state index in [1.165, 1.54) is 5.56 Å². The summed E-state index contributed by atoms with van der Waals surface area (Å²) in [5.41, 5.74) is 10.6. The van der Waals surface area contributed by atoms with Crippen LogP contribution in [-0.2, 0) is 12.8 Å². The molecule has 1 aromatic carbocycles. The zero-order valence-electron chi connectivity index (χ0n) is 16.7. The molecule has 0 aliphatic rings. The zero-order valence-corrected chi connectivity index (χ0v) is 16.7. The van der Waals surface area contributed by atoms with E-state index in [0.29, 0.717) is 5.69 Å². The standard InChI is InChI=1S/C23H22N6O/c1-2-3-16-4-6-17(7-5-16)19-14-27-23(24)22(28-19)21(30)12-18-13-25-9-8-20(18)29-11-10-26-15-29/h4-11,13-15H,2-3,12H2,1H3,(H2,24,27). The van der Waals surface area contributed by atoms with Gasteiger partial charge in [-0.1, -0.05) is 37.6 Å². The van der Waals surface area contributed by atoms with Gasteiger partial charge in [0.25, 0.3) is 0 Å². The lowest BCUT2D eigenvalue weighted by Crippen LogP contribution is -2.13. The molecule has 150 valence electrons. The van der Waals surface area contributed by atoms with Crippen LogP contribution in [0, 0.1) is 0 Å². The minimum absolute atomic E-state index is 0.110. The summed E-state index contributed by atoms with van der Waals surface area (Å²) in [5.74, 6) is -0.0850. The molecule has 0 atom stereocenters. The monoisotopic (exact) mass is 398 g/mol. The highest BCUT2D eigenvalue weighted by molar-refractivity contribution is 6.00. The molecular formula is C23H22N6O. The van der Waals surface area contributed by atoms with Crippen molar-refractivity contribution in [1.82, 2.24) is 24.5 Å². The minimum Gasteiger partial charge on any atom is -0.382 e. The van der Waals surface area contributed by atoms with Gasteiger partial charge >= 0.3 is 0 Å². The van der Waals surface area contributed by atoms with Crippen LogP contribution in [0.5, 0.6) is 0 Å². The number of Topliss-reactive ketones (excluding diaryl/α,β-unsaturated/α-hetero) is 1. The van der Waals surface area contributed by atoms with Crippen LogP contribution in [0.25, 0.3) is 16.9 Å². The first-order valence-corrected chi connectivity index (χ1v) is 9.82. The van der Waals surface area contributed by atoms with Gasteiger partial charge in [-0.2, -0.15) is 0 Å². The molecule has 0 saturated heterocycles. The number of aromatic nitrogens is 5. The number of ketones is 1. The fraction of sp³-hybridized carbons (Fsp3) is 0.174. The summed E-state index contributed by atoms with van der Waals surface area (Å²) < 4.78 is 1.84. The summed E-state index contributed by atoms with van der Waals surface area (Å²) in [6.07, 6.45) is 12.4. The summed E-state index contributed by atoms with van der Waals surface area (Å²) in [6, 6.07) is 9.99. The van der Waals surface area contributed by atoms with E-state index in [0.717, 1.165) is 29.7 Å². The smallest absolute Gasteiger partial charge is 0.189 e. The van der Waals surface area contributed by atoms with E-state index in [1.807, 2.05) is 29.0 Å². The second-order valence-corrected chi connectivity index (χ2v) is 7.01. The van der Waals surface area contributed by atoms with E-state index < -0.39 is 0 Å². The van der Waals surface area contributed by atoms with Crippen LogP contribution >= 0.6 is 0 Å². The Hall–Kier alpha value is -3.87. The van der Waals surface area contributed by atoms with E-state index in [2.05, 4.69) is 39.0 Å². The van der Waals surface area contributed by atoms with Crippen molar-refractivity contribution in [3.63, 3.8) is 0 Å². The Bertz CT molecular complexity index is 1150. The van der Waals surface area contributed by atoms with Crippen LogP contribution < -0.4 is 5.73 Å². The molecule has 0 bridgehead atoms. The van der Waals surface area contributed by atoms with Gasteiger partial charge in [-0.05, 0) is 18.1 Å². The van der Waals surface area contributed by atoms with Crippen molar-refractivity contribution >= 4 is 11.6 Å². The number of nitrogens with two attached hydrogens (primary N) is 1. The average Bonchev–Trinajstić information content (AvgIpc) is 3.30. The number of nitrogen functional groups attached to an aromatic ring is 1. The third-order valence-corrected chi connectivity index (χ3v) is 4.86. The number of pyridine rings is 1. The zero-order chi connectivity index (χ0) is 20.9. The Morgan fingerprint density at radius 1 is 1.07 bits per heavy atom. The lowest BCUT2D eigenvalue weighted by Gasteiger charge is -2.10. The van der Waals surface area contributed by atoms with E-state index in [9.17, 15) is 4.79 Å². The first kappa shape index (κ1) is 19.4. The number of hydrogen-bond donors (Lipinski definition) is 1. The van der Waals surface area contributed by atoms with Crippen molar-refractivity contribution < 1.29 is 4.79 Å². The lowest BCUT2D eigenvalue weighted by atomic mass is 10.0. The Balaban J connectivity index is 1.62. The second-order valence-electron chi connectivity index (χ2n) is 7.01. The number of carbonyl (C=O) groups excluding carboxylic acids is 1. The number of aryl methyl sites for hydroxylation is 1. The van der Waals surface area contributed by atoms with Crippen LogP contribution in [0.3, 0.4) is 0 Å². The lowest BCUT2D eigenvalue weighted by molar-refractivity contribution is 0.0989. The van der Waals surface area contributed by atoms with Crippen molar-refractivity contribution in [2.45, 2.75) is 26.2 Å². The van der Waals surface area contributed by atoms with Gasteiger partial charge in [-0.3, -0.25) is 9.78 Å². The molecule has 3 heterocycles. The van der Waals surface area contributed by atoms with Crippen LogP contribution in [0.4, 0.5) is 5.82 Å². The molecule has 2 N–H and O–H groups in total. The van der Waals surface area contributed by atoms with Gasteiger partial charge in [0.1, 0.15) is 5.69 Å². The molecule has 0 amide bonds. The number of benzene rings is 1. The van der Waals surface area contributed by atoms with Gasteiger partial charge in [0.2, 0.25) is 0 Å². The minimum atomic E-state index is -0.209. The number of hydrogen-bond acceptors (Lipinski definition) is 6. The average molecular weight is 398 g/mol. The van der Waals surface area contributed by atoms with E-state index >= 15 is 0 Å². The summed E-state index contributed by atoms with van der Waals surface area (Å²) in [5, 5.41) is 0. The van der Waals surface area contributed by atoms with Gasteiger partial charge in [-0.25, -0.2) is 15.0 Å². The van der Waals surface area contributed by atoms with Gasteiger partial charge < -0.3 is 10.3 Å². The van der Waals surface area contributed by atoms with Crippen LogP contribution in [0.2, 0.25) is 0 Å². The van der Waals surface area contributed by atoms with Gasteiger partial charge in [0, 0.05) is 42.3 Å². The highest BCUT2D eigenvalue weighted by Crippen LogP contribution is 2.22. The summed E-state index contributed by atoms with van der Waals surface area (Å²) in [6.45, 7) is 2.15. The summed E-state index contributed by atoms with van der Waals surface area (Å²) in [7, 11) is 0. The maximum absolute atomic E-state index is 13.0.